The molecule has 0 N–H and O–H groups in total. The minimum absolute atomic E-state index is 0.392. The quantitative estimate of drug-likeness (QED) is 0.584. The number of halogens is 2. The first-order chi connectivity index (χ1) is 8.61. The van der Waals surface area contributed by atoms with Crippen LogP contribution in [0.1, 0.15) is 21.5 Å². The smallest absolute Gasteiger partial charge is 0.340 e. The summed E-state index contributed by atoms with van der Waals surface area (Å²) >= 11 is 9.91. The SMILES string of the molecule is O=C1OC(Cl)(c2ccccc2)c2cc(Br)ccc21. The molecule has 18 heavy (non-hydrogen) atoms. The highest BCUT2D eigenvalue weighted by Crippen LogP contribution is 2.45. The van der Waals surface area contributed by atoms with E-state index in [0.717, 1.165) is 10.0 Å². The third-order valence-electron chi connectivity index (χ3n) is 2.93. The second kappa shape index (κ2) is 4.11. The number of fused-ring (bicyclic) bond motifs is 1. The zero-order chi connectivity index (χ0) is 12.8. The van der Waals surface area contributed by atoms with E-state index >= 15 is 0 Å². The highest BCUT2D eigenvalue weighted by atomic mass is 79.9. The fraction of sp³-hybridized carbons (Fsp3) is 0.0714. The molecule has 0 spiro atoms. The van der Waals surface area contributed by atoms with E-state index in [0.29, 0.717) is 11.1 Å². The normalized spacial score (nSPS) is 21.6. The number of hydrogen-bond donors (Lipinski definition) is 0. The first kappa shape index (κ1) is 11.8. The van der Waals surface area contributed by atoms with Gasteiger partial charge in [-0.15, -0.1) is 0 Å². The van der Waals surface area contributed by atoms with Gasteiger partial charge in [0.25, 0.3) is 0 Å². The van der Waals surface area contributed by atoms with Crippen LogP contribution in [-0.4, -0.2) is 5.97 Å². The zero-order valence-corrected chi connectivity index (χ0v) is 11.5. The topological polar surface area (TPSA) is 26.3 Å². The van der Waals surface area contributed by atoms with E-state index in [-0.39, 0.29) is 0 Å². The molecule has 1 aliphatic rings. The van der Waals surface area contributed by atoms with Crippen molar-refractivity contribution in [3.05, 3.63) is 69.7 Å². The second-order valence-corrected chi connectivity index (χ2v) is 5.49. The van der Waals surface area contributed by atoms with Gasteiger partial charge in [-0.1, -0.05) is 57.9 Å². The molecule has 1 aliphatic heterocycles. The Morgan fingerprint density at radius 1 is 1.11 bits per heavy atom. The van der Waals surface area contributed by atoms with Crippen LogP contribution < -0.4 is 0 Å². The number of ether oxygens (including phenoxy) is 1. The van der Waals surface area contributed by atoms with Crippen molar-refractivity contribution < 1.29 is 9.53 Å². The van der Waals surface area contributed by atoms with Crippen LogP contribution in [0.25, 0.3) is 0 Å². The number of benzene rings is 2. The van der Waals surface area contributed by atoms with Crippen molar-refractivity contribution in [3.8, 4) is 0 Å². The molecule has 0 saturated carbocycles. The lowest BCUT2D eigenvalue weighted by Gasteiger charge is -2.21. The Balaban J connectivity index is 2.23. The van der Waals surface area contributed by atoms with Crippen LogP contribution in [-0.2, 0) is 9.80 Å². The van der Waals surface area contributed by atoms with Gasteiger partial charge in [0.2, 0.25) is 5.06 Å². The molecule has 1 unspecified atom stereocenters. The van der Waals surface area contributed by atoms with E-state index in [4.69, 9.17) is 16.3 Å². The molecule has 2 aromatic carbocycles. The molecule has 0 aromatic heterocycles. The molecule has 0 radical (unpaired) electrons. The van der Waals surface area contributed by atoms with Gasteiger partial charge in [0, 0.05) is 15.6 Å². The van der Waals surface area contributed by atoms with Crippen molar-refractivity contribution >= 4 is 33.5 Å². The molecule has 2 nitrogen and oxygen atoms in total. The highest BCUT2D eigenvalue weighted by molar-refractivity contribution is 9.10. The Morgan fingerprint density at radius 3 is 2.56 bits per heavy atom. The van der Waals surface area contributed by atoms with E-state index in [1.54, 1.807) is 12.1 Å². The molecular weight excluding hydrogens is 316 g/mol. The third-order valence-corrected chi connectivity index (χ3v) is 3.92. The number of esters is 1. The number of carbonyl (C=O) groups is 1. The van der Waals surface area contributed by atoms with Crippen molar-refractivity contribution in [2.24, 2.45) is 0 Å². The van der Waals surface area contributed by atoms with Gasteiger partial charge in [-0.25, -0.2) is 4.79 Å². The molecule has 0 fully saturated rings. The van der Waals surface area contributed by atoms with E-state index in [2.05, 4.69) is 15.9 Å². The molecule has 4 heteroatoms. The van der Waals surface area contributed by atoms with Gasteiger partial charge in [-0.05, 0) is 18.2 Å². The molecule has 0 saturated heterocycles. The minimum atomic E-state index is -1.22. The summed E-state index contributed by atoms with van der Waals surface area (Å²) in [4.78, 5) is 11.8. The zero-order valence-electron chi connectivity index (χ0n) is 9.19. The van der Waals surface area contributed by atoms with Crippen molar-refractivity contribution in [1.82, 2.24) is 0 Å². The van der Waals surface area contributed by atoms with Crippen LogP contribution >= 0.6 is 27.5 Å². The monoisotopic (exact) mass is 322 g/mol. The molecule has 0 aliphatic carbocycles. The van der Waals surface area contributed by atoms with Crippen LogP contribution in [0.3, 0.4) is 0 Å². The van der Waals surface area contributed by atoms with Gasteiger partial charge in [0.15, 0.2) is 0 Å². The Labute approximate surface area is 118 Å². The van der Waals surface area contributed by atoms with Gasteiger partial charge in [-0.3, -0.25) is 0 Å². The van der Waals surface area contributed by atoms with E-state index in [1.807, 2.05) is 36.4 Å². The summed E-state index contributed by atoms with van der Waals surface area (Å²) in [7, 11) is 0. The summed E-state index contributed by atoms with van der Waals surface area (Å²) in [5.41, 5.74) is 1.93. The van der Waals surface area contributed by atoms with Crippen molar-refractivity contribution in [2.45, 2.75) is 5.06 Å². The molecule has 1 heterocycles. The Kier molecular flexibility index (Phi) is 2.68. The summed E-state index contributed by atoms with van der Waals surface area (Å²) in [6.07, 6.45) is 0. The van der Waals surface area contributed by atoms with Crippen molar-refractivity contribution in [1.29, 1.82) is 0 Å². The molecular formula is C14H8BrClO2. The summed E-state index contributed by atoms with van der Waals surface area (Å²) < 4.78 is 6.23. The van der Waals surface area contributed by atoms with Crippen LogP contribution in [0.5, 0.6) is 0 Å². The maximum atomic E-state index is 11.8. The second-order valence-electron chi connectivity index (χ2n) is 4.04. The van der Waals surface area contributed by atoms with Crippen molar-refractivity contribution in [3.63, 3.8) is 0 Å². The summed E-state index contributed by atoms with van der Waals surface area (Å²) in [6.45, 7) is 0. The fourth-order valence-corrected chi connectivity index (χ4v) is 2.78. The van der Waals surface area contributed by atoms with Crippen LogP contribution in [0, 0.1) is 0 Å². The number of hydrogen-bond acceptors (Lipinski definition) is 2. The summed E-state index contributed by atoms with van der Waals surface area (Å²) in [5.74, 6) is -0.392. The number of rotatable bonds is 1. The Hall–Kier alpha value is -1.32. The minimum Gasteiger partial charge on any atom is -0.431 e. The van der Waals surface area contributed by atoms with Crippen LogP contribution in [0.4, 0.5) is 0 Å². The summed E-state index contributed by atoms with van der Waals surface area (Å²) in [5, 5.41) is -1.22. The third kappa shape index (κ3) is 1.66. The van der Waals surface area contributed by atoms with Crippen LogP contribution in [0.15, 0.2) is 53.0 Å². The van der Waals surface area contributed by atoms with Gasteiger partial charge in [-0.2, -0.15) is 0 Å². The molecule has 0 bridgehead atoms. The van der Waals surface area contributed by atoms with Crippen molar-refractivity contribution in [2.75, 3.05) is 0 Å². The maximum absolute atomic E-state index is 11.8. The fourth-order valence-electron chi connectivity index (χ4n) is 2.07. The number of alkyl halides is 1. The van der Waals surface area contributed by atoms with Gasteiger partial charge < -0.3 is 4.74 Å². The molecule has 2 aromatic rings. The molecule has 0 amide bonds. The predicted octanol–water partition coefficient (Wildman–Crippen LogP) is 4.06. The van der Waals surface area contributed by atoms with E-state index in [1.165, 1.54) is 0 Å². The van der Waals surface area contributed by atoms with E-state index in [9.17, 15) is 4.79 Å². The number of carbonyl (C=O) groups excluding carboxylic acids is 1. The Morgan fingerprint density at radius 2 is 1.83 bits per heavy atom. The van der Waals surface area contributed by atoms with Gasteiger partial charge >= 0.3 is 5.97 Å². The van der Waals surface area contributed by atoms with Gasteiger partial charge in [0.05, 0.1) is 5.56 Å². The number of cyclic esters (lactones) is 1. The lowest BCUT2D eigenvalue weighted by Crippen LogP contribution is -2.20. The predicted molar refractivity (Wildman–Crippen MR) is 72.6 cm³/mol. The summed E-state index contributed by atoms with van der Waals surface area (Å²) in [6, 6.07) is 14.6. The first-order valence-electron chi connectivity index (χ1n) is 5.39. The van der Waals surface area contributed by atoms with E-state index < -0.39 is 11.0 Å². The average Bonchev–Trinajstić information content (AvgIpc) is 2.63. The Bertz CT molecular complexity index is 627. The maximum Gasteiger partial charge on any atom is 0.340 e. The highest BCUT2D eigenvalue weighted by Gasteiger charge is 2.45. The lowest BCUT2D eigenvalue weighted by atomic mass is 9.99. The standard InChI is InChI=1S/C14H8BrClO2/c15-10-6-7-11-12(8-10)14(16,18-13(11)17)9-4-2-1-3-5-9/h1-8H. The van der Waals surface area contributed by atoms with Crippen LogP contribution in [0.2, 0.25) is 0 Å². The molecule has 90 valence electrons. The average molecular weight is 324 g/mol. The molecule has 3 rings (SSSR count). The first-order valence-corrected chi connectivity index (χ1v) is 6.56. The molecule has 1 atom stereocenters. The van der Waals surface area contributed by atoms with Gasteiger partial charge in [0.1, 0.15) is 0 Å². The lowest BCUT2D eigenvalue weighted by molar-refractivity contribution is 0.0366. The largest absolute Gasteiger partial charge is 0.431 e.